The first-order valence-electron chi connectivity index (χ1n) is 10.3. The molecule has 2 N–H and O–H groups in total. The normalized spacial score (nSPS) is 11.2. The lowest BCUT2D eigenvalue weighted by atomic mass is 10.1. The van der Waals surface area contributed by atoms with Crippen LogP contribution >= 0.6 is 0 Å². The molecule has 0 saturated heterocycles. The fourth-order valence-electron chi connectivity index (χ4n) is 2.99. The number of hydrogen-bond donors (Lipinski definition) is 2. The van der Waals surface area contributed by atoms with Gasteiger partial charge in [-0.1, -0.05) is 30.3 Å². The SMILES string of the molecule is COc1cc(/C=N/NC(=O)C(=O)Nc2cccc(C(F)(F)F)c2)ccc1OCc1ccccc1C. The summed E-state index contributed by atoms with van der Waals surface area (Å²) in [5.41, 5.74) is 3.58. The van der Waals surface area contributed by atoms with Crippen LogP contribution in [0.3, 0.4) is 0 Å². The molecule has 0 aliphatic heterocycles. The van der Waals surface area contributed by atoms with Crippen LogP contribution in [0.2, 0.25) is 0 Å². The van der Waals surface area contributed by atoms with Gasteiger partial charge in [0.25, 0.3) is 0 Å². The maximum Gasteiger partial charge on any atom is 0.416 e. The minimum absolute atomic E-state index is 0.171. The first-order chi connectivity index (χ1) is 16.7. The molecule has 0 unspecified atom stereocenters. The number of halogens is 3. The number of amides is 2. The molecule has 2 amide bonds. The number of carbonyl (C=O) groups excluding carboxylic acids is 2. The third kappa shape index (κ3) is 7.07. The molecule has 0 heterocycles. The number of ether oxygens (including phenoxy) is 2. The number of aryl methyl sites for hydroxylation is 1. The Morgan fingerprint density at radius 2 is 1.74 bits per heavy atom. The zero-order chi connectivity index (χ0) is 25.4. The third-order valence-electron chi connectivity index (χ3n) is 4.87. The molecule has 0 saturated carbocycles. The van der Waals surface area contributed by atoms with Gasteiger partial charge in [0, 0.05) is 5.69 Å². The van der Waals surface area contributed by atoms with Crippen molar-refractivity contribution in [3.05, 3.63) is 89.0 Å². The molecule has 35 heavy (non-hydrogen) atoms. The lowest BCUT2D eigenvalue weighted by Gasteiger charge is -2.12. The monoisotopic (exact) mass is 485 g/mol. The number of nitrogens with one attached hydrogen (secondary N) is 2. The summed E-state index contributed by atoms with van der Waals surface area (Å²) in [4.78, 5) is 23.9. The molecule has 0 radical (unpaired) electrons. The Hall–Kier alpha value is -4.34. The third-order valence-corrected chi connectivity index (χ3v) is 4.87. The molecular formula is C25H22F3N3O4. The zero-order valence-corrected chi connectivity index (χ0v) is 18.8. The van der Waals surface area contributed by atoms with Crippen LogP contribution in [-0.2, 0) is 22.4 Å². The molecule has 10 heteroatoms. The van der Waals surface area contributed by atoms with Gasteiger partial charge in [0.05, 0.1) is 18.9 Å². The molecule has 0 fully saturated rings. The van der Waals surface area contributed by atoms with Crippen LogP contribution in [0.15, 0.2) is 71.8 Å². The van der Waals surface area contributed by atoms with Crippen molar-refractivity contribution < 1.29 is 32.2 Å². The second kappa shape index (κ2) is 11.2. The number of nitrogens with zero attached hydrogens (tertiary/aromatic N) is 1. The van der Waals surface area contributed by atoms with Crippen molar-refractivity contribution in [2.75, 3.05) is 12.4 Å². The molecule has 0 aliphatic rings. The molecule has 0 spiro atoms. The van der Waals surface area contributed by atoms with E-state index in [9.17, 15) is 22.8 Å². The summed E-state index contributed by atoms with van der Waals surface area (Å²) in [7, 11) is 1.48. The zero-order valence-electron chi connectivity index (χ0n) is 18.8. The Morgan fingerprint density at radius 3 is 2.46 bits per heavy atom. The van der Waals surface area contributed by atoms with Gasteiger partial charge in [0.15, 0.2) is 11.5 Å². The summed E-state index contributed by atoms with van der Waals surface area (Å²) in [6, 6.07) is 16.8. The maximum atomic E-state index is 12.8. The summed E-state index contributed by atoms with van der Waals surface area (Å²) >= 11 is 0. The van der Waals surface area contributed by atoms with E-state index < -0.39 is 23.6 Å². The molecule has 0 atom stereocenters. The van der Waals surface area contributed by atoms with Crippen molar-refractivity contribution in [1.29, 1.82) is 0 Å². The molecule has 3 aromatic carbocycles. The van der Waals surface area contributed by atoms with E-state index in [1.807, 2.05) is 36.6 Å². The Kier molecular flexibility index (Phi) is 8.08. The Morgan fingerprint density at radius 1 is 0.971 bits per heavy atom. The van der Waals surface area contributed by atoms with Gasteiger partial charge in [-0.25, -0.2) is 5.43 Å². The van der Waals surface area contributed by atoms with E-state index in [0.29, 0.717) is 23.7 Å². The van der Waals surface area contributed by atoms with E-state index in [0.717, 1.165) is 29.3 Å². The van der Waals surface area contributed by atoms with Crippen LogP contribution in [-0.4, -0.2) is 25.1 Å². The highest BCUT2D eigenvalue weighted by molar-refractivity contribution is 6.39. The second-order valence-electron chi connectivity index (χ2n) is 7.36. The van der Waals surface area contributed by atoms with E-state index >= 15 is 0 Å². The summed E-state index contributed by atoms with van der Waals surface area (Å²) in [5, 5.41) is 5.81. The van der Waals surface area contributed by atoms with E-state index in [1.165, 1.54) is 19.4 Å². The Bertz CT molecular complexity index is 1240. The Labute approximate surface area is 199 Å². The van der Waals surface area contributed by atoms with E-state index in [-0.39, 0.29) is 5.69 Å². The smallest absolute Gasteiger partial charge is 0.416 e. The number of hydrazone groups is 1. The predicted molar refractivity (Wildman–Crippen MR) is 124 cm³/mol. The molecule has 3 rings (SSSR count). The minimum Gasteiger partial charge on any atom is -0.493 e. The number of rotatable bonds is 7. The molecular weight excluding hydrogens is 463 g/mol. The van der Waals surface area contributed by atoms with Gasteiger partial charge in [0.1, 0.15) is 6.61 Å². The van der Waals surface area contributed by atoms with Crippen molar-refractivity contribution >= 4 is 23.7 Å². The quantitative estimate of drug-likeness (QED) is 0.289. The van der Waals surface area contributed by atoms with Gasteiger partial charge in [-0.2, -0.15) is 18.3 Å². The van der Waals surface area contributed by atoms with Crippen molar-refractivity contribution in [3.8, 4) is 11.5 Å². The number of hydrogen-bond acceptors (Lipinski definition) is 5. The number of benzene rings is 3. The fraction of sp³-hybridized carbons (Fsp3) is 0.160. The number of methoxy groups -OCH3 is 1. The molecule has 3 aromatic rings. The Balaban J connectivity index is 1.58. The average molecular weight is 485 g/mol. The average Bonchev–Trinajstić information content (AvgIpc) is 2.83. The lowest BCUT2D eigenvalue weighted by molar-refractivity contribution is -0.137. The van der Waals surface area contributed by atoms with Crippen molar-refractivity contribution in [2.24, 2.45) is 5.10 Å². The second-order valence-corrected chi connectivity index (χ2v) is 7.36. The number of anilines is 1. The highest BCUT2D eigenvalue weighted by atomic mass is 19.4. The van der Waals surface area contributed by atoms with Crippen LogP contribution in [0, 0.1) is 6.92 Å². The van der Waals surface area contributed by atoms with Gasteiger partial charge < -0.3 is 14.8 Å². The summed E-state index contributed by atoms with van der Waals surface area (Å²) in [6.07, 6.45) is -3.29. The molecule has 0 aromatic heterocycles. The standard InChI is InChI=1S/C25H22F3N3O4/c1-16-6-3-4-7-18(16)15-35-21-11-10-17(12-22(21)34-2)14-29-31-24(33)23(32)30-20-9-5-8-19(13-20)25(26,27)28/h3-14H,15H2,1-2H3,(H,30,32)(H,31,33)/b29-14+. The maximum absolute atomic E-state index is 12.8. The molecule has 7 nitrogen and oxygen atoms in total. The van der Waals surface area contributed by atoms with Crippen LogP contribution in [0.4, 0.5) is 18.9 Å². The van der Waals surface area contributed by atoms with E-state index in [4.69, 9.17) is 9.47 Å². The molecule has 0 bridgehead atoms. The van der Waals surface area contributed by atoms with Gasteiger partial charge in [-0.15, -0.1) is 0 Å². The van der Waals surface area contributed by atoms with Crippen molar-refractivity contribution in [3.63, 3.8) is 0 Å². The van der Waals surface area contributed by atoms with Crippen LogP contribution in [0.1, 0.15) is 22.3 Å². The number of carbonyl (C=O) groups is 2. The van der Waals surface area contributed by atoms with E-state index in [2.05, 4.69) is 10.4 Å². The van der Waals surface area contributed by atoms with Crippen LogP contribution in [0.5, 0.6) is 11.5 Å². The first-order valence-corrected chi connectivity index (χ1v) is 10.3. The highest BCUT2D eigenvalue weighted by Gasteiger charge is 2.30. The number of alkyl halides is 3. The van der Waals surface area contributed by atoms with Gasteiger partial charge in [-0.3, -0.25) is 9.59 Å². The highest BCUT2D eigenvalue weighted by Crippen LogP contribution is 2.31. The van der Waals surface area contributed by atoms with Gasteiger partial charge in [-0.05, 0) is 60.0 Å². The fourth-order valence-corrected chi connectivity index (χ4v) is 2.99. The van der Waals surface area contributed by atoms with Crippen molar-refractivity contribution in [1.82, 2.24) is 5.43 Å². The van der Waals surface area contributed by atoms with Gasteiger partial charge >= 0.3 is 18.0 Å². The minimum atomic E-state index is -4.57. The van der Waals surface area contributed by atoms with Crippen LogP contribution in [0.25, 0.3) is 0 Å². The van der Waals surface area contributed by atoms with Gasteiger partial charge in [0.2, 0.25) is 0 Å². The lowest BCUT2D eigenvalue weighted by Crippen LogP contribution is -2.32. The topological polar surface area (TPSA) is 89.0 Å². The van der Waals surface area contributed by atoms with Crippen LogP contribution < -0.4 is 20.2 Å². The molecule has 182 valence electrons. The molecule has 0 aliphatic carbocycles. The first kappa shape index (κ1) is 25.3. The van der Waals surface area contributed by atoms with E-state index in [1.54, 1.807) is 18.2 Å². The predicted octanol–water partition coefficient (Wildman–Crippen LogP) is 4.69. The summed E-state index contributed by atoms with van der Waals surface area (Å²) < 4.78 is 49.5. The summed E-state index contributed by atoms with van der Waals surface area (Å²) in [5.74, 6) is -1.36. The summed E-state index contributed by atoms with van der Waals surface area (Å²) in [6.45, 7) is 2.34. The van der Waals surface area contributed by atoms with Crippen molar-refractivity contribution in [2.45, 2.75) is 19.7 Å². The largest absolute Gasteiger partial charge is 0.493 e.